The highest BCUT2D eigenvalue weighted by Crippen LogP contribution is 2.33. The summed E-state index contributed by atoms with van der Waals surface area (Å²) in [6.07, 6.45) is 3.13. The number of hydrogen-bond donors (Lipinski definition) is 1. The number of hydrogen-bond acceptors (Lipinski definition) is 4. The summed E-state index contributed by atoms with van der Waals surface area (Å²) in [5.74, 6) is 0. The highest BCUT2D eigenvalue weighted by atomic mass is 79.9. The third-order valence-electron chi connectivity index (χ3n) is 3.52. The van der Waals surface area contributed by atoms with Crippen LogP contribution in [-0.2, 0) is 19.1 Å². The standard InChI is InChI=1S/C12H15BrClNO4S2/c1-8-6-11(10(13)7-12(8)20(14,16)17)15-21(18,19)9-4-2-3-5-9/h6-7,9,15H,2-5H2,1H3. The van der Waals surface area contributed by atoms with Crippen LogP contribution in [0.1, 0.15) is 31.2 Å². The molecule has 118 valence electrons. The van der Waals surface area contributed by atoms with E-state index in [1.807, 2.05) is 0 Å². The molecule has 0 unspecified atom stereocenters. The van der Waals surface area contributed by atoms with Crippen LogP contribution in [0.2, 0.25) is 0 Å². The molecule has 0 radical (unpaired) electrons. The van der Waals surface area contributed by atoms with E-state index in [1.165, 1.54) is 12.1 Å². The van der Waals surface area contributed by atoms with E-state index < -0.39 is 19.1 Å². The maximum Gasteiger partial charge on any atom is 0.261 e. The predicted octanol–water partition coefficient (Wildman–Crippen LogP) is 3.37. The van der Waals surface area contributed by atoms with Crippen molar-refractivity contribution in [3.63, 3.8) is 0 Å². The van der Waals surface area contributed by atoms with Gasteiger partial charge in [0.25, 0.3) is 9.05 Å². The minimum Gasteiger partial charge on any atom is -0.282 e. The zero-order chi connectivity index (χ0) is 15.8. The number of benzene rings is 1. The van der Waals surface area contributed by atoms with Crippen molar-refractivity contribution < 1.29 is 16.8 Å². The van der Waals surface area contributed by atoms with E-state index in [4.69, 9.17) is 10.7 Å². The summed E-state index contributed by atoms with van der Waals surface area (Å²) in [7, 11) is -1.99. The fourth-order valence-corrected chi connectivity index (χ4v) is 5.96. The molecule has 21 heavy (non-hydrogen) atoms. The molecule has 0 saturated heterocycles. The van der Waals surface area contributed by atoms with Crippen LogP contribution in [0, 0.1) is 6.92 Å². The second-order valence-electron chi connectivity index (χ2n) is 5.09. The van der Waals surface area contributed by atoms with Gasteiger partial charge in [-0.3, -0.25) is 4.72 Å². The lowest BCUT2D eigenvalue weighted by Gasteiger charge is -2.16. The van der Waals surface area contributed by atoms with Gasteiger partial charge in [0.2, 0.25) is 10.0 Å². The van der Waals surface area contributed by atoms with Crippen LogP contribution in [0.4, 0.5) is 5.69 Å². The van der Waals surface area contributed by atoms with Gasteiger partial charge in [-0.2, -0.15) is 0 Å². The predicted molar refractivity (Wildman–Crippen MR) is 86.7 cm³/mol. The van der Waals surface area contributed by atoms with Gasteiger partial charge in [0, 0.05) is 15.2 Å². The molecule has 1 aromatic carbocycles. The summed E-state index contributed by atoms with van der Waals surface area (Å²) in [6.45, 7) is 1.56. The maximum atomic E-state index is 12.3. The van der Waals surface area contributed by atoms with Gasteiger partial charge in [0.05, 0.1) is 15.8 Å². The zero-order valence-corrected chi connectivity index (χ0v) is 15.2. The Morgan fingerprint density at radius 3 is 2.29 bits per heavy atom. The van der Waals surface area contributed by atoms with Gasteiger partial charge in [-0.25, -0.2) is 16.8 Å². The average molecular weight is 417 g/mol. The maximum absolute atomic E-state index is 12.3. The smallest absolute Gasteiger partial charge is 0.261 e. The van der Waals surface area contributed by atoms with Gasteiger partial charge in [0.15, 0.2) is 0 Å². The Morgan fingerprint density at radius 2 is 1.76 bits per heavy atom. The zero-order valence-electron chi connectivity index (χ0n) is 11.3. The molecule has 0 atom stereocenters. The molecular formula is C12H15BrClNO4S2. The van der Waals surface area contributed by atoms with E-state index in [-0.39, 0.29) is 10.1 Å². The molecule has 1 fully saturated rings. The molecule has 0 amide bonds. The first-order valence-electron chi connectivity index (χ1n) is 6.38. The lowest BCUT2D eigenvalue weighted by molar-refractivity contribution is 0.585. The first-order valence-corrected chi connectivity index (χ1v) is 11.0. The minimum absolute atomic E-state index is 0.0418. The monoisotopic (exact) mass is 415 g/mol. The second kappa shape index (κ2) is 6.06. The molecular weight excluding hydrogens is 402 g/mol. The topological polar surface area (TPSA) is 80.3 Å². The lowest BCUT2D eigenvalue weighted by atomic mass is 10.2. The van der Waals surface area contributed by atoms with Crippen molar-refractivity contribution in [1.82, 2.24) is 0 Å². The molecule has 0 aromatic heterocycles. The van der Waals surface area contributed by atoms with Crippen LogP contribution >= 0.6 is 26.6 Å². The van der Waals surface area contributed by atoms with Gasteiger partial charge >= 0.3 is 0 Å². The normalized spacial score (nSPS) is 17.1. The first-order chi connectivity index (χ1) is 9.61. The van der Waals surface area contributed by atoms with Crippen molar-refractivity contribution in [3.8, 4) is 0 Å². The van der Waals surface area contributed by atoms with Crippen LogP contribution < -0.4 is 4.72 Å². The van der Waals surface area contributed by atoms with Gasteiger partial charge in [-0.15, -0.1) is 0 Å². The Bertz CT molecular complexity index is 756. The Morgan fingerprint density at radius 1 is 1.19 bits per heavy atom. The number of sulfonamides is 1. The molecule has 9 heteroatoms. The van der Waals surface area contributed by atoms with Gasteiger partial charge in [-0.05, 0) is 53.4 Å². The molecule has 1 aliphatic carbocycles. The summed E-state index contributed by atoms with van der Waals surface area (Å²) in [5.41, 5.74) is 0.709. The highest BCUT2D eigenvalue weighted by molar-refractivity contribution is 9.10. The lowest BCUT2D eigenvalue weighted by Crippen LogP contribution is -2.25. The number of halogens is 2. The van der Waals surface area contributed by atoms with E-state index in [0.717, 1.165) is 12.8 Å². The third kappa shape index (κ3) is 3.91. The van der Waals surface area contributed by atoms with Crippen molar-refractivity contribution in [2.45, 2.75) is 42.8 Å². The fraction of sp³-hybridized carbons (Fsp3) is 0.500. The number of rotatable bonds is 4. The quantitative estimate of drug-likeness (QED) is 0.763. The SMILES string of the molecule is Cc1cc(NS(=O)(=O)C2CCCC2)c(Br)cc1S(=O)(=O)Cl. The molecule has 5 nitrogen and oxygen atoms in total. The van der Waals surface area contributed by atoms with Crippen LogP contribution in [0.15, 0.2) is 21.5 Å². The molecule has 0 spiro atoms. The van der Waals surface area contributed by atoms with Crippen LogP contribution in [0.25, 0.3) is 0 Å². The Kier molecular flexibility index (Phi) is 4.92. The largest absolute Gasteiger partial charge is 0.282 e. The molecule has 1 aliphatic rings. The summed E-state index contributed by atoms with van der Waals surface area (Å²) in [6, 6.07) is 2.77. The molecule has 2 rings (SSSR count). The number of aryl methyl sites for hydroxylation is 1. The Balaban J connectivity index is 2.36. The van der Waals surface area contributed by atoms with Crippen molar-refractivity contribution in [2.75, 3.05) is 4.72 Å². The van der Waals surface area contributed by atoms with Crippen LogP contribution in [-0.4, -0.2) is 22.1 Å². The second-order valence-corrected chi connectivity index (χ2v) is 10.4. The Hall–Kier alpha value is -0.310. The fourth-order valence-electron chi connectivity index (χ4n) is 2.44. The Labute approximate surface area is 137 Å². The molecule has 1 N–H and O–H groups in total. The highest BCUT2D eigenvalue weighted by Gasteiger charge is 2.29. The molecule has 0 heterocycles. The van der Waals surface area contributed by atoms with Crippen molar-refractivity contribution in [3.05, 3.63) is 22.2 Å². The van der Waals surface area contributed by atoms with Crippen LogP contribution in [0.5, 0.6) is 0 Å². The number of nitrogens with one attached hydrogen (secondary N) is 1. The van der Waals surface area contributed by atoms with Gasteiger partial charge in [-0.1, -0.05) is 12.8 Å². The first kappa shape index (κ1) is 17.1. The summed E-state index contributed by atoms with van der Waals surface area (Å²) in [4.78, 5) is -0.0418. The third-order valence-corrected chi connectivity index (χ3v) is 7.49. The van der Waals surface area contributed by atoms with E-state index in [1.54, 1.807) is 6.92 Å². The summed E-state index contributed by atoms with van der Waals surface area (Å²) >= 11 is 3.18. The van der Waals surface area contributed by atoms with E-state index in [2.05, 4.69) is 20.7 Å². The van der Waals surface area contributed by atoms with Crippen molar-refractivity contribution >= 4 is 51.4 Å². The van der Waals surface area contributed by atoms with Crippen LogP contribution in [0.3, 0.4) is 0 Å². The molecule has 0 aliphatic heterocycles. The molecule has 0 bridgehead atoms. The number of anilines is 1. The summed E-state index contributed by atoms with van der Waals surface area (Å²) < 4.78 is 50.3. The molecule has 1 saturated carbocycles. The average Bonchev–Trinajstić information content (AvgIpc) is 2.86. The summed E-state index contributed by atoms with van der Waals surface area (Å²) in [5, 5.41) is -0.388. The van der Waals surface area contributed by atoms with Crippen molar-refractivity contribution in [1.29, 1.82) is 0 Å². The van der Waals surface area contributed by atoms with E-state index in [0.29, 0.717) is 28.6 Å². The van der Waals surface area contributed by atoms with E-state index >= 15 is 0 Å². The van der Waals surface area contributed by atoms with E-state index in [9.17, 15) is 16.8 Å². The van der Waals surface area contributed by atoms with Crippen molar-refractivity contribution in [2.24, 2.45) is 0 Å². The van der Waals surface area contributed by atoms with Gasteiger partial charge < -0.3 is 0 Å². The van der Waals surface area contributed by atoms with Gasteiger partial charge in [0.1, 0.15) is 0 Å². The molecule has 1 aromatic rings. The minimum atomic E-state index is -3.87.